The molecule has 1 aromatic carbocycles. The fourth-order valence-corrected chi connectivity index (χ4v) is 2.39. The Morgan fingerprint density at radius 2 is 1.50 bits per heavy atom. The van der Waals surface area contributed by atoms with E-state index < -0.39 is 0 Å². The van der Waals surface area contributed by atoms with Crippen LogP contribution in [0.3, 0.4) is 0 Å². The van der Waals surface area contributed by atoms with Crippen LogP contribution in [-0.2, 0) is 17.1 Å². The summed E-state index contributed by atoms with van der Waals surface area (Å²) in [5.41, 5.74) is 5.50. The molecule has 0 aliphatic heterocycles. The Kier molecular flexibility index (Phi) is 12.3. The number of pyridine rings is 1. The molecule has 0 atom stereocenters. The molecule has 0 amide bonds. The van der Waals surface area contributed by atoms with Crippen molar-refractivity contribution in [1.82, 2.24) is 4.98 Å². The van der Waals surface area contributed by atoms with Crippen LogP contribution >= 0.6 is 24.8 Å². The molecule has 134 valence electrons. The van der Waals surface area contributed by atoms with Gasteiger partial charge in [0.1, 0.15) is 0 Å². The molecular weight excluding hydrogens is 383 g/mol. The van der Waals surface area contributed by atoms with Crippen LogP contribution in [0.15, 0.2) is 41.4 Å². The molecule has 2 rings (SSSR count). The number of halogens is 2. The summed E-state index contributed by atoms with van der Waals surface area (Å²) in [4.78, 5) is 9.17. The van der Waals surface area contributed by atoms with Crippen LogP contribution in [0, 0.1) is 6.20 Å². The molecule has 0 radical (unpaired) electrons. The molecule has 0 N–H and O–H groups in total. The molecule has 2 nitrogen and oxygen atoms in total. The number of aliphatic imine (C=N–C) groups is 1. The minimum Gasteiger partial charge on any atom is -0.385 e. The number of hydrogen-bond acceptors (Lipinski definition) is 2. The summed E-state index contributed by atoms with van der Waals surface area (Å²) in [6.45, 7) is 10.9. The number of rotatable bonds is 4. The van der Waals surface area contributed by atoms with Gasteiger partial charge in [0.2, 0.25) is 0 Å². The molecule has 1 aromatic heterocycles. The van der Waals surface area contributed by atoms with Crippen molar-refractivity contribution >= 4 is 36.2 Å². The zero-order valence-corrected chi connectivity index (χ0v) is 17.4. The van der Waals surface area contributed by atoms with E-state index in [2.05, 4.69) is 57.1 Å². The second-order valence-corrected chi connectivity index (χ2v) is 5.94. The van der Waals surface area contributed by atoms with Crippen molar-refractivity contribution < 1.29 is 17.1 Å². The normalized spacial score (nSPS) is 10.7. The van der Waals surface area contributed by atoms with Crippen LogP contribution in [0.2, 0.25) is 0 Å². The first-order valence-electron chi connectivity index (χ1n) is 7.52. The zero-order valence-electron chi connectivity index (χ0n) is 14.7. The summed E-state index contributed by atoms with van der Waals surface area (Å²) in [5, 5.41) is 0. The number of para-hydroxylation sites is 1. The van der Waals surface area contributed by atoms with Crippen molar-refractivity contribution in [2.45, 2.75) is 46.5 Å². The van der Waals surface area contributed by atoms with E-state index in [1.54, 1.807) is 6.07 Å². The topological polar surface area (TPSA) is 25.2 Å². The number of benzene rings is 1. The van der Waals surface area contributed by atoms with Crippen molar-refractivity contribution in [3.8, 4) is 0 Å². The molecule has 0 fully saturated rings. The molecule has 0 spiro atoms. The third kappa shape index (κ3) is 6.22. The minimum atomic E-state index is 0. The van der Waals surface area contributed by atoms with Crippen LogP contribution in [0.4, 0.5) is 5.69 Å². The third-order valence-corrected chi connectivity index (χ3v) is 3.60. The number of aromatic nitrogens is 1. The van der Waals surface area contributed by atoms with Crippen LogP contribution < -0.4 is 0 Å². The van der Waals surface area contributed by atoms with Gasteiger partial charge in [-0.2, -0.15) is 12.1 Å². The third-order valence-electron chi connectivity index (χ3n) is 3.60. The first-order chi connectivity index (χ1) is 10.0. The summed E-state index contributed by atoms with van der Waals surface area (Å²) in [7, 11) is 0. The summed E-state index contributed by atoms with van der Waals surface area (Å²) in [6, 6.07) is 12.2. The van der Waals surface area contributed by atoms with Gasteiger partial charge in [-0.3, -0.25) is 4.99 Å². The number of nitrogens with zero attached hydrogens (tertiary/aromatic N) is 2. The summed E-state index contributed by atoms with van der Waals surface area (Å²) in [5.74, 6) is 0.899. The van der Waals surface area contributed by atoms with Crippen LogP contribution in [0.5, 0.6) is 0 Å². The molecule has 1 heterocycles. The van der Waals surface area contributed by atoms with Crippen LogP contribution in [0.1, 0.15) is 63.3 Å². The Morgan fingerprint density at radius 3 is 1.92 bits per heavy atom. The van der Waals surface area contributed by atoms with Crippen LogP contribution in [0.25, 0.3) is 0 Å². The van der Waals surface area contributed by atoms with Gasteiger partial charge in [0, 0.05) is 22.8 Å². The maximum absolute atomic E-state index is 4.91. The van der Waals surface area contributed by atoms with Crippen molar-refractivity contribution in [3.05, 3.63) is 59.4 Å². The van der Waals surface area contributed by atoms with Crippen molar-refractivity contribution in [1.29, 1.82) is 0 Å². The van der Waals surface area contributed by atoms with E-state index in [0.29, 0.717) is 11.8 Å². The second-order valence-electron chi connectivity index (χ2n) is 5.94. The van der Waals surface area contributed by atoms with E-state index >= 15 is 0 Å². The molecule has 5 heteroatoms. The first-order valence-corrected chi connectivity index (χ1v) is 7.52. The predicted octanol–water partition coefficient (Wildman–Crippen LogP) is 6.11. The van der Waals surface area contributed by atoms with Crippen LogP contribution in [-0.4, -0.2) is 10.7 Å². The summed E-state index contributed by atoms with van der Waals surface area (Å²) in [6.07, 6.45) is 2.87. The molecule has 0 saturated carbocycles. The molecular formula is C19H25Cl2FeN2-. The molecule has 0 saturated heterocycles. The van der Waals surface area contributed by atoms with Gasteiger partial charge in [0.15, 0.2) is 0 Å². The summed E-state index contributed by atoms with van der Waals surface area (Å²) < 4.78 is 0. The molecule has 24 heavy (non-hydrogen) atoms. The van der Waals surface area contributed by atoms with Gasteiger partial charge in [0.05, 0.1) is 5.69 Å². The van der Waals surface area contributed by atoms with E-state index in [0.717, 1.165) is 17.1 Å². The van der Waals surface area contributed by atoms with E-state index in [9.17, 15) is 0 Å². The predicted molar refractivity (Wildman–Crippen MR) is 104 cm³/mol. The van der Waals surface area contributed by atoms with Gasteiger partial charge in [-0.05, 0) is 35.6 Å². The largest absolute Gasteiger partial charge is 0.385 e. The average Bonchev–Trinajstić information content (AvgIpc) is 2.47. The molecule has 0 unspecified atom stereocenters. The fourth-order valence-electron chi connectivity index (χ4n) is 2.39. The van der Waals surface area contributed by atoms with Crippen molar-refractivity contribution in [2.24, 2.45) is 4.99 Å². The Morgan fingerprint density at radius 1 is 0.958 bits per heavy atom. The molecule has 2 aromatic rings. The van der Waals surface area contributed by atoms with E-state index in [-0.39, 0.29) is 41.9 Å². The monoisotopic (exact) mass is 407 g/mol. The quantitative estimate of drug-likeness (QED) is 0.341. The van der Waals surface area contributed by atoms with Gasteiger partial charge in [0.25, 0.3) is 0 Å². The SMILES string of the molecule is CC(=Nc1c(C(C)C)cccc1C(C)C)c1ccc[c-]n1.Cl.Cl.[Fe]. The van der Waals surface area contributed by atoms with E-state index in [1.807, 2.05) is 19.1 Å². The maximum Gasteiger partial charge on any atom is 0.0690 e. The Bertz CT molecular complexity index is 615. The molecule has 0 bridgehead atoms. The van der Waals surface area contributed by atoms with Gasteiger partial charge < -0.3 is 4.98 Å². The minimum absolute atomic E-state index is 0. The first kappa shape index (κ1) is 25.4. The molecule has 0 aliphatic rings. The van der Waals surface area contributed by atoms with E-state index in [1.165, 1.54) is 11.1 Å². The Labute approximate surface area is 168 Å². The van der Waals surface area contributed by atoms with E-state index in [4.69, 9.17) is 4.99 Å². The summed E-state index contributed by atoms with van der Waals surface area (Å²) >= 11 is 0. The Hall–Kier alpha value is -0.861. The zero-order chi connectivity index (χ0) is 15.4. The van der Waals surface area contributed by atoms with Crippen molar-refractivity contribution in [3.63, 3.8) is 0 Å². The second kappa shape index (κ2) is 11.7. The van der Waals surface area contributed by atoms with Gasteiger partial charge in [-0.15, -0.1) is 30.9 Å². The van der Waals surface area contributed by atoms with Crippen molar-refractivity contribution in [2.75, 3.05) is 0 Å². The van der Waals surface area contributed by atoms with Gasteiger partial charge >= 0.3 is 0 Å². The number of hydrogen-bond donors (Lipinski definition) is 0. The Balaban J connectivity index is 0. The fraction of sp³-hybridized carbons (Fsp3) is 0.368. The average molecular weight is 408 g/mol. The molecule has 0 aliphatic carbocycles. The van der Waals surface area contributed by atoms with Gasteiger partial charge in [-0.1, -0.05) is 52.1 Å². The smallest absolute Gasteiger partial charge is 0.0690 e. The standard InChI is InChI=1S/C19H23N2.2ClH.Fe/c1-13(2)16-9-8-10-17(14(3)4)19(16)21-15(5)18-11-6-7-12-20-18;;;/h6-11,13-14H,1-5H3;2*1H;/q-1;;;. The maximum atomic E-state index is 4.91. The van der Waals surface area contributed by atoms with Gasteiger partial charge in [-0.25, -0.2) is 0 Å².